The van der Waals surface area contributed by atoms with Crippen molar-refractivity contribution in [3.05, 3.63) is 30.1 Å². The van der Waals surface area contributed by atoms with E-state index in [1.165, 1.54) is 0 Å². The predicted molar refractivity (Wildman–Crippen MR) is 170 cm³/mol. The van der Waals surface area contributed by atoms with Crippen molar-refractivity contribution >= 4 is 45.6 Å². The van der Waals surface area contributed by atoms with Gasteiger partial charge in [-0.25, -0.2) is 15.0 Å². The van der Waals surface area contributed by atoms with Crippen LogP contribution >= 0.6 is 0 Å². The zero-order chi connectivity index (χ0) is 31.0. The van der Waals surface area contributed by atoms with Gasteiger partial charge in [0.15, 0.2) is 11.6 Å². The first-order valence-electron chi connectivity index (χ1n) is 15.0. The fourth-order valence-corrected chi connectivity index (χ4v) is 5.46. The van der Waals surface area contributed by atoms with Crippen LogP contribution in [0.3, 0.4) is 0 Å². The van der Waals surface area contributed by atoms with Crippen molar-refractivity contribution in [1.82, 2.24) is 29.9 Å². The molecule has 0 saturated heterocycles. The third kappa shape index (κ3) is 7.46. The number of nitrogens with one attached hydrogen (secondary N) is 2. The molecule has 13 nitrogen and oxygen atoms in total. The van der Waals surface area contributed by atoms with E-state index in [4.69, 9.17) is 16.2 Å². The summed E-state index contributed by atoms with van der Waals surface area (Å²) in [7, 11) is 0. The van der Waals surface area contributed by atoms with E-state index in [2.05, 4.69) is 54.4 Å². The summed E-state index contributed by atoms with van der Waals surface area (Å²) in [4.78, 5) is 27.0. The van der Waals surface area contributed by atoms with Gasteiger partial charge in [0.1, 0.15) is 22.3 Å². The van der Waals surface area contributed by atoms with Crippen LogP contribution in [0, 0.1) is 0 Å². The molecule has 0 aliphatic heterocycles. The van der Waals surface area contributed by atoms with Crippen molar-refractivity contribution in [1.29, 1.82) is 0 Å². The van der Waals surface area contributed by atoms with Crippen LogP contribution in [0.4, 0.5) is 23.5 Å². The summed E-state index contributed by atoms with van der Waals surface area (Å²) in [5.41, 5.74) is 14.6. The van der Waals surface area contributed by atoms with Crippen LogP contribution in [-0.4, -0.2) is 71.5 Å². The lowest BCUT2D eigenvalue weighted by atomic mass is 9.81. The Morgan fingerprint density at radius 3 is 2.40 bits per heavy atom. The molecule has 0 fully saturated rings. The van der Waals surface area contributed by atoms with E-state index in [0.717, 1.165) is 37.7 Å². The molecule has 4 aromatic rings. The van der Waals surface area contributed by atoms with Gasteiger partial charge in [-0.15, -0.1) is 0 Å². The van der Waals surface area contributed by atoms with E-state index < -0.39 is 5.54 Å². The van der Waals surface area contributed by atoms with Gasteiger partial charge in [-0.2, -0.15) is 9.97 Å². The van der Waals surface area contributed by atoms with Gasteiger partial charge in [0.2, 0.25) is 11.9 Å². The number of hydrogen-bond donors (Lipinski definition) is 6. The van der Waals surface area contributed by atoms with E-state index in [1.54, 1.807) is 18.5 Å². The summed E-state index contributed by atoms with van der Waals surface area (Å²) in [6.45, 7) is 8.25. The monoisotopic (exact) mass is 592 g/mol. The molecule has 4 heterocycles. The average Bonchev–Trinajstić information content (AvgIpc) is 2.98. The first kappa shape index (κ1) is 31.8. The summed E-state index contributed by atoms with van der Waals surface area (Å²) in [5.74, 6) is 1.58. The van der Waals surface area contributed by atoms with Crippen LogP contribution in [-0.2, 0) is 0 Å². The molecule has 0 aromatic carbocycles. The Hall–Kier alpha value is -4.10. The Kier molecular flexibility index (Phi) is 10.6. The number of pyridine rings is 2. The van der Waals surface area contributed by atoms with Gasteiger partial charge >= 0.3 is 0 Å². The molecule has 4 aromatic heterocycles. The molecule has 13 heteroatoms. The number of hydrogen-bond acceptors (Lipinski definition) is 13. The number of aromatic nitrogens is 6. The minimum atomic E-state index is -0.841. The summed E-state index contributed by atoms with van der Waals surface area (Å²) in [6, 6.07) is 3.40. The zero-order valence-electron chi connectivity index (χ0n) is 25.5. The van der Waals surface area contributed by atoms with Gasteiger partial charge in [0.05, 0.1) is 43.1 Å². The molecule has 0 aliphatic carbocycles. The lowest BCUT2D eigenvalue weighted by Gasteiger charge is -2.34. The summed E-state index contributed by atoms with van der Waals surface area (Å²) < 4.78 is 6.09. The van der Waals surface area contributed by atoms with Crippen LogP contribution in [0.1, 0.15) is 77.7 Å². The number of nitrogen functional groups attached to an aromatic ring is 2. The molecule has 0 radical (unpaired) electrons. The third-order valence-electron chi connectivity index (χ3n) is 7.48. The van der Waals surface area contributed by atoms with E-state index in [1.807, 2.05) is 19.9 Å². The van der Waals surface area contributed by atoms with Crippen molar-refractivity contribution in [3.8, 4) is 5.75 Å². The molecule has 3 atom stereocenters. The summed E-state index contributed by atoms with van der Waals surface area (Å²) in [6.07, 6.45) is 8.22. The van der Waals surface area contributed by atoms with Crippen molar-refractivity contribution in [2.75, 3.05) is 41.9 Å². The molecular weight excluding hydrogens is 548 g/mol. The number of nitrogens with zero attached hydrogens (tertiary/aromatic N) is 6. The van der Waals surface area contributed by atoms with Crippen molar-refractivity contribution < 1.29 is 14.9 Å². The van der Waals surface area contributed by atoms with Crippen molar-refractivity contribution in [2.45, 2.75) is 83.7 Å². The van der Waals surface area contributed by atoms with E-state index >= 15 is 0 Å². The molecular formula is C30H44N10O3. The maximum Gasteiger partial charge on any atom is 0.222 e. The molecule has 0 aliphatic rings. The van der Waals surface area contributed by atoms with Crippen molar-refractivity contribution in [2.24, 2.45) is 0 Å². The number of nitrogens with two attached hydrogens (primary N) is 2. The van der Waals surface area contributed by atoms with Gasteiger partial charge in [0, 0.05) is 11.8 Å². The lowest BCUT2D eigenvalue weighted by Crippen LogP contribution is -2.41. The largest absolute Gasteiger partial charge is 0.492 e. The highest BCUT2D eigenvalue weighted by Gasteiger charge is 2.33. The SMILES string of the molecule is CCCC[C@H](CO)Nc1nc(N)nc2c(C(CCC)C[C@](C)(CO)Nc3nc(N)nc4cccnc34)c(OCC)cnc12. The molecule has 232 valence electrons. The fraction of sp³-hybridized carbons (Fsp3) is 0.533. The smallest absolute Gasteiger partial charge is 0.222 e. The highest BCUT2D eigenvalue weighted by molar-refractivity contribution is 5.90. The number of aliphatic hydroxyl groups excluding tert-OH is 2. The van der Waals surface area contributed by atoms with Crippen molar-refractivity contribution in [3.63, 3.8) is 0 Å². The van der Waals surface area contributed by atoms with E-state index in [0.29, 0.717) is 52.5 Å². The standard InChI is InChI=1S/C30H44N10O3/c1-5-8-11-19(16-41)35-26-25-24(37-29(32)38-26)22(21(15-34-25)43-7-3)18(10-6-2)14-30(4,17-42)40-27-23-20(12-9-13-33-23)36-28(31)39-27/h9,12-13,15,18-19,41-42H,5-8,10-11,14,16-17H2,1-4H3,(H3,31,36,39,40)(H3,32,35,37,38)/t18?,19-,30-/m1/s1. The summed E-state index contributed by atoms with van der Waals surface area (Å²) in [5, 5.41) is 27.5. The number of fused-ring (bicyclic) bond motifs is 2. The average molecular weight is 593 g/mol. The van der Waals surface area contributed by atoms with E-state index in [-0.39, 0.29) is 37.1 Å². The van der Waals surface area contributed by atoms with E-state index in [9.17, 15) is 10.2 Å². The predicted octanol–water partition coefficient (Wildman–Crippen LogP) is 4.03. The lowest BCUT2D eigenvalue weighted by molar-refractivity contribution is 0.204. The fourth-order valence-electron chi connectivity index (χ4n) is 5.46. The molecule has 0 spiro atoms. The first-order valence-corrected chi connectivity index (χ1v) is 15.0. The van der Waals surface area contributed by atoms with Crippen LogP contribution in [0.2, 0.25) is 0 Å². The van der Waals surface area contributed by atoms with Gasteiger partial charge < -0.3 is 37.1 Å². The highest BCUT2D eigenvalue weighted by Crippen LogP contribution is 2.41. The van der Waals surface area contributed by atoms with Crippen LogP contribution in [0.25, 0.3) is 22.1 Å². The van der Waals surface area contributed by atoms with Gasteiger partial charge in [-0.1, -0.05) is 33.1 Å². The molecule has 8 N–H and O–H groups in total. The van der Waals surface area contributed by atoms with Gasteiger partial charge in [-0.3, -0.25) is 4.98 Å². The highest BCUT2D eigenvalue weighted by atomic mass is 16.5. The zero-order valence-corrected chi connectivity index (χ0v) is 25.5. The molecule has 0 amide bonds. The Bertz CT molecular complexity index is 1520. The van der Waals surface area contributed by atoms with Gasteiger partial charge in [0.25, 0.3) is 0 Å². The summed E-state index contributed by atoms with van der Waals surface area (Å²) >= 11 is 0. The maximum atomic E-state index is 10.7. The van der Waals surface area contributed by atoms with Crippen LogP contribution in [0.15, 0.2) is 24.5 Å². The number of ether oxygens (including phenoxy) is 1. The van der Waals surface area contributed by atoms with Crippen LogP contribution in [0.5, 0.6) is 5.75 Å². The Morgan fingerprint density at radius 2 is 1.70 bits per heavy atom. The Labute approximate surface area is 251 Å². The van der Waals surface area contributed by atoms with Crippen LogP contribution < -0.4 is 26.8 Å². The topological polar surface area (TPSA) is 203 Å². The number of rotatable bonds is 16. The normalized spacial score (nSPS) is 14.4. The second-order valence-electron chi connectivity index (χ2n) is 11.1. The first-order chi connectivity index (χ1) is 20.7. The molecule has 4 rings (SSSR count). The van der Waals surface area contributed by atoms with Gasteiger partial charge in [-0.05, 0) is 51.2 Å². The third-order valence-corrected chi connectivity index (χ3v) is 7.48. The quantitative estimate of drug-likeness (QED) is 0.109. The minimum Gasteiger partial charge on any atom is -0.492 e. The number of anilines is 4. The molecule has 1 unspecified atom stereocenters. The minimum absolute atomic E-state index is 0.0502. The number of unbranched alkanes of at least 4 members (excludes halogenated alkanes) is 1. The maximum absolute atomic E-state index is 10.7. The Morgan fingerprint density at radius 1 is 0.930 bits per heavy atom. The Balaban J connectivity index is 1.80. The molecule has 43 heavy (non-hydrogen) atoms. The second kappa shape index (κ2) is 14.4. The number of aliphatic hydroxyl groups is 2. The molecule has 0 saturated carbocycles. The second-order valence-corrected chi connectivity index (χ2v) is 11.1. The molecule has 0 bridgehead atoms.